The minimum atomic E-state index is 0.517. The van der Waals surface area contributed by atoms with Crippen molar-refractivity contribution in [1.82, 2.24) is 14.9 Å². The van der Waals surface area contributed by atoms with E-state index >= 15 is 0 Å². The maximum atomic E-state index is 5.44. The number of hydrogen-bond acceptors (Lipinski definition) is 6. The van der Waals surface area contributed by atoms with E-state index in [1.165, 1.54) is 10.0 Å². The number of rotatable bonds is 5. The Labute approximate surface area is 175 Å². The molecule has 0 radical (unpaired) electrons. The lowest BCUT2D eigenvalue weighted by Crippen LogP contribution is -2.43. The van der Waals surface area contributed by atoms with E-state index in [2.05, 4.69) is 66.9 Å². The summed E-state index contributed by atoms with van der Waals surface area (Å²) in [5.74, 6) is 1.83. The molecule has 0 bridgehead atoms. The van der Waals surface area contributed by atoms with Crippen LogP contribution < -0.4 is 9.80 Å². The maximum absolute atomic E-state index is 5.44. The average Bonchev–Trinajstić information content (AvgIpc) is 2.76. The minimum Gasteiger partial charge on any atom is -0.378 e. The highest BCUT2D eigenvalue weighted by atomic mass is 79.9. The van der Waals surface area contributed by atoms with Crippen LogP contribution in [0.25, 0.3) is 0 Å². The zero-order valence-electron chi connectivity index (χ0n) is 16.4. The third kappa shape index (κ3) is 4.64. The fourth-order valence-electron chi connectivity index (χ4n) is 3.97. The van der Waals surface area contributed by atoms with Crippen LogP contribution >= 0.6 is 15.9 Å². The van der Waals surface area contributed by atoms with Crippen molar-refractivity contribution < 1.29 is 4.74 Å². The van der Waals surface area contributed by atoms with Crippen molar-refractivity contribution in [2.45, 2.75) is 25.4 Å². The van der Waals surface area contributed by atoms with Crippen LogP contribution in [0.1, 0.15) is 18.4 Å². The summed E-state index contributed by atoms with van der Waals surface area (Å²) in [4.78, 5) is 16.4. The van der Waals surface area contributed by atoms with Gasteiger partial charge in [0.2, 0.25) is 5.95 Å². The first-order valence-corrected chi connectivity index (χ1v) is 10.8. The number of halogens is 1. The van der Waals surface area contributed by atoms with E-state index < -0.39 is 0 Å². The quantitative estimate of drug-likeness (QED) is 0.703. The van der Waals surface area contributed by atoms with Crippen molar-refractivity contribution in [3.63, 3.8) is 0 Å². The van der Waals surface area contributed by atoms with Gasteiger partial charge in [0.1, 0.15) is 5.82 Å². The van der Waals surface area contributed by atoms with Gasteiger partial charge in [-0.25, -0.2) is 4.98 Å². The Bertz CT molecular complexity index is 775. The Morgan fingerprint density at radius 3 is 2.61 bits per heavy atom. The lowest BCUT2D eigenvalue weighted by molar-refractivity contribution is 0.122. The summed E-state index contributed by atoms with van der Waals surface area (Å²) in [7, 11) is 2.17. The standard InChI is InChI=1S/C21H28BrN5O/c1-25(20-6-9-23-21(24-20)27-12-14-28-15-13-27)18-7-10-26(11-8-18)16-17-4-2-3-5-19(17)22/h2-6,9,18H,7-8,10-16H2,1H3. The van der Waals surface area contributed by atoms with Crippen molar-refractivity contribution >= 4 is 27.7 Å². The predicted molar refractivity (Wildman–Crippen MR) is 116 cm³/mol. The fraction of sp³-hybridized carbons (Fsp3) is 0.524. The van der Waals surface area contributed by atoms with Gasteiger partial charge >= 0.3 is 0 Å². The van der Waals surface area contributed by atoms with Gasteiger partial charge in [0, 0.05) is 56.5 Å². The van der Waals surface area contributed by atoms with E-state index in [1.54, 1.807) is 0 Å². The van der Waals surface area contributed by atoms with Crippen LogP contribution in [0.4, 0.5) is 11.8 Å². The van der Waals surface area contributed by atoms with E-state index in [1.807, 2.05) is 12.3 Å². The topological polar surface area (TPSA) is 44.7 Å². The molecule has 3 heterocycles. The third-order valence-electron chi connectivity index (χ3n) is 5.74. The van der Waals surface area contributed by atoms with Gasteiger partial charge in [-0.05, 0) is 30.5 Å². The van der Waals surface area contributed by atoms with Gasteiger partial charge in [-0.1, -0.05) is 34.1 Å². The lowest BCUT2D eigenvalue weighted by Gasteiger charge is -2.37. The number of morpholine rings is 1. The summed E-state index contributed by atoms with van der Waals surface area (Å²) in [6.07, 6.45) is 4.18. The van der Waals surface area contributed by atoms with E-state index in [9.17, 15) is 0 Å². The van der Waals surface area contributed by atoms with E-state index in [0.29, 0.717) is 6.04 Å². The molecule has 0 atom stereocenters. The highest BCUT2D eigenvalue weighted by Crippen LogP contribution is 2.24. The third-order valence-corrected chi connectivity index (χ3v) is 6.51. The molecule has 1 aromatic carbocycles. The Hall–Kier alpha value is -1.70. The summed E-state index contributed by atoms with van der Waals surface area (Å²) in [5.41, 5.74) is 1.36. The summed E-state index contributed by atoms with van der Waals surface area (Å²) in [6.45, 7) is 6.45. The fourth-order valence-corrected chi connectivity index (χ4v) is 4.38. The summed E-state index contributed by atoms with van der Waals surface area (Å²) in [6, 6.07) is 11.1. The van der Waals surface area contributed by atoms with Gasteiger partial charge < -0.3 is 14.5 Å². The Morgan fingerprint density at radius 2 is 1.86 bits per heavy atom. The molecule has 28 heavy (non-hydrogen) atoms. The van der Waals surface area contributed by atoms with Crippen LogP contribution in [0.3, 0.4) is 0 Å². The number of ether oxygens (including phenoxy) is 1. The summed E-state index contributed by atoms with van der Waals surface area (Å²) in [5, 5.41) is 0. The Kier molecular flexibility index (Phi) is 6.44. The van der Waals surface area contributed by atoms with Crippen molar-refractivity contribution in [1.29, 1.82) is 0 Å². The largest absolute Gasteiger partial charge is 0.378 e. The van der Waals surface area contributed by atoms with Crippen LogP contribution in [-0.4, -0.2) is 67.4 Å². The van der Waals surface area contributed by atoms with Crippen LogP contribution in [-0.2, 0) is 11.3 Å². The molecule has 2 aliphatic rings. The number of anilines is 2. The van der Waals surface area contributed by atoms with E-state index in [-0.39, 0.29) is 0 Å². The molecule has 1 aromatic heterocycles. The van der Waals surface area contributed by atoms with Crippen LogP contribution in [0.5, 0.6) is 0 Å². The summed E-state index contributed by atoms with van der Waals surface area (Å²) < 4.78 is 6.64. The summed E-state index contributed by atoms with van der Waals surface area (Å²) >= 11 is 3.67. The molecule has 4 rings (SSSR count). The molecule has 0 aliphatic carbocycles. The molecule has 2 aromatic rings. The molecule has 150 valence electrons. The van der Waals surface area contributed by atoms with Gasteiger partial charge in [-0.2, -0.15) is 4.98 Å². The molecule has 0 amide bonds. The molecule has 0 unspecified atom stereocenters. The number of nitrogens with zero attached hydrogens (tertiary/aromatic N) is 5. The Balaban J connectivity index is 1.35. The zero-order valence-corrected chi connectivity index (χ0v) is 18.0. The minimum absolute atomic E-state index is 0.517. The maximum Gasteiger partial charge on any atom is 0.227 e. The van der Waals surface area contributed by atoms with Crippen molar-refractivity contribution in [2.24, 2.45) is 0 Å². The molecule has 2 aliphatic heterocycles. The van der Waals surface area contributed by atoms with Crippen molar-refractivity contribution in [3.8, 4) is 0 Å². The molecular formula is C21H28BrN5O. The molecule has 2 fully saturated rings. The monoisotopic (exact) mass is 445 g/mol. The smallest absolute Gasteiger partial charge is 0.227 e. The van der Waals surface area contributed by atoms with E-state index in [0.717, 1.165) is 70.5 Å². The van der Waals surface area contributed by atoms with Crippen molar-refractivity contribution in [3.05, 3.63) is 46.6 Å². The van der Waals surface area contributed by atoms with E-state index in [4.69, 9.17) is 9.72 Å². The van der Waals surface area contributed by atoms with Gasteiger partial charge in [-0.15, -0.1) is 0 Å². The van der Waals surface area contributed by atoms with Gasteiger partial charge in [0.15, 0.2) is 0 Å². The SMILES string of the molecule is CN(c1ccnc(N2CCOCC2)n1)C1CCN(Cc2ccccc2Br)CC1. The first kappa shape index (κ1) is 19.6. The second-order valence-electron chi connectivity index (χ2n) is 7.52. The number of benzene rings is 1. The molecule has 0 spiro atoms. The Morgan fingerprint density at radius 1 is 1.11 bits per heavy atom. The number of likely N-dealkylation sites (tertiary alicyclic amines) is 1. The predicted octanol–water partition coefficient (Wildman–Crippen LogP) is 3.18. The number of piperidine rings is 1. The van der Waals surface area contributed by atoms with Crippen molar-refractivity contribution in [2.75, 3.05) is 56.2 Å². The highest BCUT2D eigenvalue weighted by Gasteiger charge is 2.24. The normalized spacial score (nSPS) is 19.0. The van der Waals surface area contributed by atoms with Crippen LogP contribution in [0.15, 0.2) is 41.0 Å². The molecule has 7 heteroatoms. The second-order valence-corrected chi connectivity index (χ2v) is 8.38. The zero-order chi connectivity index (χ0) is 19.3. The van der Waals surface area contributed by atoms with Gasteiger partial charge in [0.05, 0.1) is 13.2 Å². The second kappa shape index (κ2) is 9.20. The molecule has 0 N–H and O–H groups in total. The molecule has 6 nitrogen and oxygen atoms in total. The number of aromatic nitrogens is 2. The molecular weight excluding hydrogens is 418 g/mol. The highest BCUT2D eigenvalue weighted by molar-refractivity contribution is 9.10. The van der Waals surface area contributed by atoms with Crippen LogP contribution in [0.2, 0.25) is 0 Å². The lowest BCUT2D eigenvalue weighted by atomic mass is 10.0. The first-order valence-electron chi connectivity index (χ1n) is 10.0. The van der Waals surface area contributed by atoms with Crippen LogP contribution in [0, 0.1) is 0 Å². The van der Waals surface area contributed by atoms with Gasteiger partial charge in [-0.3, -0.25) is 4.90 Å². The average molecular weight is 446 g/mol. The first-order chi connectivity index (χ1) is 13.7. The molecule has 0 saturated carbocycles. The molecule has 2 saturated heterocycles. The van der Waals surface area contributed by atoms with Gasteiger partial charge in [0.25, 0.3) is 0 Å². The number of hydrogen-bond donors (Lipinski definition) is 0.